The highest BCUT2D eigenvalue weighted by molar-refractivity contribution is 5.99. The van der Waals surface area contributed by atoms with Crippen LogP contribution < -0.4 is 10.9 Å². The SMILES string of the molecule is O=c1[nH]c2cc(F)ccc2c(N[C@@H]2CN3CCC2CC3)c1-c1nc2ccccc2[nH]1. The molecule has 7 heteroatoms. The van der Waals surface area contributed by atoms with Crippen molar-refractivity contribution in [1.82, 2.24) is 19.9 Å². The molecule has 6 nitrogen and oxygen atoms in total. The first-order valence-electron chi connectivity index (χ1n) is 10.5. The molecule has 2 aromatic heterocycles. The number of imidazole rings is 1. The number of halogens is 1. The van der Waals surface area contributed by atoms with E-state index >= 15 is 0 Å². The number of hydrogen-bond donors (Lipinski definition) is 3. The Hall–Kier alpha value is -3.19. The minimum absolute atomic E-state index is 0.255. The van der Waals surface area contributed by atoms with Crippen LogP contribution in [0.2, 0.25) is 0 Å². The molecule has 3 aliphatic rings. The fourth-order valence-electron chi connectivity index (χ4n) is 5.03. The van der Waals surface area contributed by atoms with Crippen molar-refractivity contribution in [2.45, 2.75) is 18.9 Å². The van der Waals surface area contributed by atoms with Crippen LogP contribution in [0.25, 0.3) is 33.3 Å². The van der Waals surface area contributed by atoms with Gasteiger partial charge in [-0.25, -0.2) is 9.37 Å². The molecule has 2 bridgehead atoms. The van der Waals surface area contributed by atoms with E-state index in [0.29, 0.717) is 22.8 Å². The largest absolute Gasteiger partial charge is 0.379 e. The topological polar surface area (TPSA) is 76.8 Å². The molecule has 30 heavy (non-hydrogen) atoms. The van der Waals surface area contributed by atoms with Crippen molar-refractivity contribution in [1.29, 1.82) is 0 Å². The monoisotopic (exact) mass is 403 g/mol. The maximum atomic E-state index is 13.9. The third kappa shape index (κ3) is 2.81. The molecule has 4 aromatic rings. The highest BCUT2D eigenvalue weighted by atomic mass is 19.1. The van der Waals surface area contributed by atoms with Crippen LogP contribution in [0.1, 0.15) is 12.8 Å². The number of nitrogens with zero attached hydrogens (tertiary/aromatic N) is 2. The molecular formula is C23H22FN5O. The first-order valence-corrected chi connectivity index (χ1v) is 10.5. The maximum absolute atomic E-state index is 13.9. The average Bonchev–Trinajstić information content (AvgIpc) is 3.18. The summed E-state index contributed by atoms with van der Waals surface area (Å²) in [6.45, 7) is 3.24. The molecule has 152 valence electrons. The molecule has 3 fully saturated rings. The second kappa shape index (κ2) is 6.67. The van der Waals surface area contributed by atoms with Crippen molar-refractivity contribution in [2.75, 3.05) is 25.0 Å². The van der Waals surface area contributed by atoms with Crippen LogP contribution in [0.4, 0.5) is 10.1 Å². The Bertz CT molecular complexity index is 1290. The number of anilines is 1. The summed E-state index contributed by atoms with van der Waals surface area (Å²) in [4.78, 5) is 26.4. The van der Waals surface area contributed by atoms with Gasteiger partial charge in [0.25, 0.3) is 5.56 Å². The van der Waals surface area contributed by atoms with Crippen LogP contribution in [-0.4, -0.2) is 45.5 Å². The van der Waals surface area contributed by atoms with E-state index in [1.165, 1.54) is 12.1 Å². The lowest BCUT2D eigenvalue weighted by Crippen LogP contribution is -2.53. The predicted molar refractivity (Wildman–Crippen MR) is 116 cm³/mol. The summed E-state index contributed by atoms with van der Waals surface area (Å²) < 4.78 is 13.9. The Morgan fingerprint density at radius 3 is 2.67 bits per heavy atom. The van der Waals surface area contributed by atoms with E-state index in [-0.39, 0.29) is 17.4 Å². The quantitative estimate of drug-likeness (QED) is 0.487. The number of hydrogen-bond acceptors (Lipinski definition) is 4. The molecule has 1 atom stereocenters. The number of aromatic amines is 2. The van der Waals surface area contributed by atoms with Gasteiger partial charge in [0.1, 0.15) is 17.2 Å². The highest BCUT2D eigenvalue weighted by Crippen LogP contribution is 2.35. The molecule has 0 spiro atoms. The summed E-state index contributed by atoms with van der Waals surface area (Å²) in [7, 11) is 0. The molecule has 3 saturated heterocycles. The zero-order chi connectivity index (χ0) is 20.2. The van der Waals surface area contributed by atoms with Crippen LogP contribution in [0.3, 0.4) is 0 Å². The summed E-state index contributed by atoms with van der Waals surface area (Å²) in [5.74, 6) is 0.726. The molecule has 2 aromatic carbocycles. The lowest BCUT2D eigenvalue weighted by atomic mass is 9.83. The summed E-state index contributed by atoms with van der Waals surface area (Å²) in [5, 5.41) is 4.48. The number of H-pyrrole nitrogens is 2. The Kier molecular flexibility index (Phi) is 3.92. The average molecular weight is 403 g/mol. The van der Waals surface area contributed by atoms with E-state index in [2.05, 4.69) is 25.2 Å². The Labute approximate surface area is 172 Å². The van der Waals surface area contributed by atoms with Gasteiger partial charge in [0, 0.05) is 18.0 Å². The van der Waals surface area contributed by atoms with Crippen molar-refractivity contribution in [3.05, 3.63) is 58.6 Å². The fourth-order valence-corrected chi connectivity index (χ4v) is 5.03. The smallest absolute Gasteiger partial charge is 0.261 e. The highest BCUT2D eigenvalue weighted by Gasteiger charge is 2.35. The number of aromatic nitrogens is 3. The van der Waals surface area contributed by atoms with E-state index in [9.17, 15) is 9.18 Å². The Balaban J connectivity index is 1.56. The number of fused-ring (bicyclic) bond motifs is 5. The predicted octanol–water partition coefficient (Wildman–Crippen LogP) is 3.72. The summed E-state index contributed by atoms with van der Waals surface area (Å²) in [6, 6.07) is 12.5. The second-order valence-corrected chi connectivity index (χ2v) is 8.39. The second-order valence-electron chi connectivity index (χ2n) is 8.39. The van der Waals surface area contributed by atoms with Gasteiger partial charge in [0.2, 0.25) is 0 Å². The standard InChI is InChI=1S/C23H22FN5O/c24-14-5-6-15-18(11-14)28-23(30)20(22-26-16-3-1-2-4-17(16)27-22)21(15)25-19-12-29-9-7-13(19)8-10-29/h1-6,11,13,19H,7-10,12H2,(H,26,27)(H2,25,28,30)/t19-/m1/s1. The molecular weight excluding hydrogens is 381 g/mol. The van der Waals surface area contributed by atoms with E-state index in [4.69, 9.17) is 0 Å². The lowest BCUT2D eigenvalue weighted by molar-refractivity contribution is 0.0976. The molecule has 3 N–H and O–H groups in total. The minimum atomic E-state index is -0.372. The van der Waals surface area contributed by atoms with Crippen molar-refractivity contribution in [3.8, 4) is 11.4 Å². The first kappa shape index (κ1) is 17.7. The van der Waals surface area contributed by atoms with Crippen LogP contribution in [0, 0.1) is 11.7 Å². The third-order valence-electron chi connectivity index (χ3n) is 6.59. The van der Waals surface area contributed by atoms with E-state index < -0.39 is 0 Å². The molecule has 7 rings (SSSR count). The summed E-state index contributed by atoms with van der Waals surface area (Å²) in [6.07, 6.45) is 2.32. The normalized spacial score (nSPS) is 23.3. The molecule has 5 heterocycles. The van der Waals surface area contributed by atoms with Crippen LogP contribution in [0.5, 0.6) is 0 Å². The number of piperidine rings is 3. The minimum Gasteiger partial charge on any atom is -0.379 e. The van der Waals surface area contributed by atoms with Gasteiger partial charge in [-0.3, -0.25) is 4.79 Å². The Morgan fingerprint density at radius 2 is 1.90 bits per heavy atom. The van der Waals surface area contributed by atoms with Crippen molar-refractivity contribution >= 4 is 27.6 Å². The van der Waals surface area contributed by atoms with Gasteiger partial charge >= 0.3 is 0 Å². The lowest BCUT2D eigenvalue weighted by Gasteiger charge is -2.45. The van der Waals surface area contributed by atoms with Gasteiger partial charge < -0.3 is 20.2 Å². The third-order valence-corrected chi connectivity index (χ3v) is 6.59. The van der Waals surface area contributed by atoms with E-state index in [1.807, 2.05) is 24.3 Å². The molecule has 0 unspecified atom stereocenters. The van der Waals surface area contributed by atoms with Gasteiger partial charge in [-0.05, 0) is 62.2 Å². The van der Waals surface area contributed by atoms with Crippen LogP contribution in [0.15, 0.2) is 47.3 Å². The number of benzene rings is 2. The summed E-state index contributed by atoms with van der Waals surface area (Å²) in [5.41, 5.74) is 3.09. The fraction of sp³-hybridized carbons (Fsp3) is 0.304. The molecule has 0 radical (unpaired) electrons. The molecule has 3 aliphatic heterocycles. The van der Waals surface area contributed by atoms with Gasteiger partial charge in [0.15, 0.2) is 0 Å². The van der Waals surface area contributed by atoms with Crippen molar-refractivity contribution in [3.63, 3.8) is 0 Å². The van der Waals surface area contributed by atoms with Crippen LogP contribution in [-0.2, 0) is 0 Å². The van der Waals surface area contributed by atoms with Gasteiger partial charge in [0.05, 0.1) is 22.2 Å². The van der Waals surface area contributed by atoms with Gasteiger partial charge in [-0.15, -0.1) is 0 Å². The number of rotatable bonds is 3. The number of pyridine rings is 1. The first-order chi connectivity index (χ1) is 14.7. The van der Waals surface area contributed by atoms with Crippen molar-refractivity contribution < 1.29 is 4.39 Å². The summed E-state index contributed by atoms with van der Waals surface area (Å²) >= 11 is 0. The molecule has 0 saturated carbocycles. The Morgan fingerprint density at radius 1 is 1.07 bits per heavy atom. The zero-order valence-corrected chi connectivity index (χ0v) is 16.4. The number of para-hydroxylation sites is 2. The van der Waals surface area contributed by atoms with Crippen LogP contribution >= 0.6 is 0 Å². The number of nitrogens with one attached hydrogen (secondary N) is 3. The van der Waals surface area contributed by atoms with E-state index in [1.54, 1.807) is 6.07 Å². The molecule has 0 amide bonds. The van der Waals surface area contributed by atoms with Gasteiger partial charge in [-0.1, -0.05) is 12.1 Å². The zero-order valence-electron chi connectivity index (χ0n) is 16.4. The maximum Gasteiger partial charge on any atom is 0.261 e. The molecule has 0 aliphatic carbocycles. The van der Waals surface area contributed by atoms with Crippen molar-refractivity contribution in [2.24, 2.45) is 5.92 Å². The van der Waals surface area contributed by atoms with Gasteiger partial charge in [-0.2, -0.15) is 0 Å². The van der Waals surface area contributed by atoms with E-state index in [0.717, 1.165) is 54.6 Å².